The van der Waals surface area contributed by atoms with E-state index in [1.165, 1.54) is 11.8 Å². The molecule has 0 atom stereocenters. The Labute approximate surface area is 136 Å². The summed E-state index contributed by atoms with van der Waals surface area (Å²) in [4.78, 5) is 25.9. The first-order valence-corrected chi connectivity index (χ1v) is 8.92. The normalized spacial score (nSPS) is 15.6. The third kappa shape index (κ3) is 5.37. The molecule has 1 fully saturated rings. The van der Waals surface area contributed by atoms with Gasteiger partial charge in [-0.3, -0.25) is 9.59 Å². The molecule has 120 valence electrons. The van der Waals surface area contributed by atoms with Crippen LogP contribution in [-0.2, 0) is 9.59 Å². The summed E-state index contributed by atoms with van der Waals surface area (Å²) in [5, 5.41) is 2.86. The summed E-state index contributed by atoms with van der Waals surface area (Å²) in [5.41, 5.74) is 1.92. The predicted octanol–water partition coefficient (Wildman–Crippen LogP) is 2.93. The van der Waals surface area contributed by atoms with Gasteiger partial charge in [-0.15, -0.1) is 11.8 Å². The Morgan fingerprint density at radius 2 is 2.00 bits per heavy atom. The summed E-state index contributed by atoms with van der Waals surface area (Å²) >= 11 is 1.38. The monoisotopic (exact) mass is 320 g/mol. The van der Waals surface area contributed by atoms with Gasteiger partial charge in [0.2, 0.25) is 11.8 Å². The number of rotatable bonds is 5. The van der Waals surface area contributed by atoms with Gasteiger partial charge >= 0.3 is 0 Å². The lowest BCUT2D eigenvalue weighted by molar-refractivity contribution is -0.129. The molecule has 0 bridgehead atoms. The van der Waals surface area contributed by atoms with Crippen molar-refractivity contribution < 1.29 is 9.59 Å². The van der Waals surface area contributed by atoms with Crippen LogP contribution in [0.2, 0.25) is 0 Å². The molecule has 1 aromatic carbocycles. The number of hydrogen-bond acceptors (Lipinski definition) is 3. The fourth-order valence-electron chi connectivity index (χ4n) is 2.50. The molecule has 2 rings (SSSR count). The summed E-state index contributed by atoms with van der Waals surface area (Å²) in [6.45, 7) is 5.93. The fraction of sp³-hybridized carbons (Fsp3) is 0.529. The van der Waals surface area contributed by atoms with E-state index in [-0.39, 0.29) is 11.8 Å². The average molecular weight is 320 g/mol. The van der Waals surface area contributed by atoms with Gasteiger partial charge in [0.25, 0.3) is 0 Å². The second kappa shape index (κ2) is 8.22. The molecule has 0 aromatic heterocycles. The first-order chi connectivity index (χ1) is 10.5. The molecular formula is C17H24N2O2S. The Bertz CT molecular complexity index is 525. The van der Waals surface area contributed by atoms with Gasteiger partial charge in [-0.1, -0.05) is 19.1 Å². The third-order valence-corrected chi connectivity index (χ3v) is 4.81. The molecule has 1 N–H and O–H groups in total. The maximum Gasteiger partial charge on any atom is 0.234 e. The number of hydrogen-bond donors (Lipinski definition) is 1. The highest BCUT2D eigenvalue weighted by atomic mass is 32.2. The molecule has 1 heterocycles. The van der Waals surface area contributed by atoms with Crippen molar-refractivity contribution in [1.29, 1.82) is 0 Å². The summed E-state index contributed by atoms with van der Waals surface area (Å²) < 4.78 is 0. The number of carbonyl (C=O) groups is 2. The van der Waals surface area contributed by atoms with Crippen LogP contribution < -0.4 is 5.32 Å². The Balaban J connectivity index is 1.67. The lowest BCUT2D eigenvalue weighted by Gasteiger charge is -2.30. The van der Waals surface area contributed by atoms with E-state index in [2.05, 4.69) is 12.2 Å². The number of aryl methyl sites for hydroxylation is 1. The Hall–Kier alpha value is -1.49. The topological polar surface area (TPSA) is 49.4 Å². The van der Waals surface area contributed by atoms with Crippen molar-refractivity contribution in [3.05, 3.63) is 29.8 Å². The second-order valence-electron chi connectivity index (χ2n) is 5.97. The van der Waals surface area contributed by atoms with Crippen LogP contribution in [-0.4, -0.2) is 41.3 Å². The molecular weight excluding hydrogens is 296 g/mol. The summed E-state index contributed by atoms with van der Waals surface area (Å²) in [6, 6.07) is 7.71. The van der Waals surface area contributed by atoms with Crippen LogP contribution in [0.3, 0.4) is 0 Å². The number of piperidine rings is 1. The number of nitrogens with zero attached hydrogens (tertiary/aromatic N) is 1. The molecule has 1 aliphatic rings. The van der Waals surface area contributed by atoms with E-state index in [4.69, 9.17) is 0 Å². The van der Waals surface area contributed by atoms with Crippen LogP contribution >= 0.6 is 11.8 Å². The van der Waals surface area contributed by atoms with E-state index >= 15 is 0 Å². The maximum atomic E-state index is 12.1. The Morgan fingerprint density at radius 3 is 2.68 bits per heavy atom. The standard InChI is InChI=1S/C17H24N2O2S/c1-13-6-8-19(9-7-13)17(21)12-22-11-16(20)18-15-5-3-4-14(2)10-15/h3-5,10,13H,6-9,11-12H2,1-2H3,(H,18,20). The van der Waals surface area contributed by atoms with Crippen LogP contribution in [0.1, 0.15) is 25.3 Å². The summed E-state index contributed by atoms with van der Waals surface area (Å²) in [7, 11) is 0. The van der Waals surface area contributed by atoms with Gasteiger partial charge in [0.05, 0.1) is 11.5 Å². The van der Waals surface area contributed by atoms with E-state index in [1.807, 2.05) is 36.1 Å². The number of nitrogens with one attached hydrogen (secondary N) is 1. The van der Waals surface area contributed by atoms with Crippen molar-refractivity contribution in [2.45, 2.75) is 26.7 Å². The molecule has 1 aliphatic heterocycles. The minimum Gasteiger partial charge on any atom is -0.342 e. The van der Waals surface area contributed by atoms with Gasteiger partial charge in [0.1, 0.15) is 0 Å². The molecule has 0 saturated carbocycles. The zero-order chi connectivity index (χ0) is 15.9. The fourth-order valence-corrected chi connectivity index (χ4v) is 3.22. The largest absolute Gasteiger partial charge is 0.342 e. The Kier molecular flexibility index (Phi) is 6.31. The molecule has 2 amide bonds. The van der Waals surface area contributed by atoms with Gasteiger partial charge in [0.15, 0.2) is 0 Å². The van der Waals surface area contributed by atoms with Gasteiger partial charge < -0.3 is 10.2 Å². The zero-order valence-electron chi connectivity index (χ0n) is 13.3. The van der Waals surface area contributed by atoms with Gasteiger partial charge in [-0.05, 0) is 43.4 Å². The van der Waals surface area contributed by atoms with Crippen molar-refractivity contribution in [3.63, 3.8) is 0 Å². The molecule has 4 nitrogen and oxygen atoms in total. The molecule has 5 heteroatoms. The zero-order valence-corrected chi connectivity index (χ0v) is 14.1. The van der Waals surface area contributed by atoms with Crippen LogP contribution in [0.5, 0.6) is 0 Å². The van der Waals surface area contributed by atoms with E-state index in [0.717, 1.165) is 43.1 Å². The lowest BCUT2D eigenvalue weighted by atomic mass is 9.99. The number of likely N-dealkylation sites (tertiary alicyclic amines) is 1. The van der Waals surface area contributed by atoms with Crippen molar-refractivity contribution in [1.82, 2.24) is 4.90 Å². The van der Waals surface area contributed by atoms with Gasteiger partial charge in [0, 0.05) is 18.8 Å². The van der Waals surface area contributed by atoms with Crippen LogP contribution in [0.25, 0.3) is 0 Å². The Morgan fingerprint density at radius 1 is 1.27 bits per heavy atom. The second-order valence-corrected chi connectivity index (χ2v) is 6.96. The minimum atomic E-state index is -0.0596. The van der Waals surface area contributed by atoms with Crippen molar-refractivity contribution in [3.8, 4) is 0 Å². The summed E-state index contributed by atoms with van der Waals surface area (Å²) in [6.07, 6.45) is 2.18. The van der Waals surface area contributed by atoms with Crippen molar-refractivity contribution in [2.24, 2.45) is 5.92 Å². The number of benzene rings is 1. The van der Waals surface area contributed by atoms with Gasteiger partial charge in [-0.2, -0.15) is 0 Å². The minimum absolute atomic E-state index is 0.0596. The highest BCUT2D eigenvalue weighted by Crippen LogP contribution is 2.17. The molecule has 0 radical (unpaired) electrons. The van der Waals surface area contributed by atoms with E-state index in [9.17, 15) is 9.59 Å². The average Bonchev–Trinajstić information content (AvgIpc) is 2.47. The molecule has 1 saturated heterocycles. The highest BCUT2D eigenvalue weighted by molar-refractivity contribution is 8.00. The van der Waals surface area contributed by atoms with Crippen molar-refractivity contribution in [2.75, 3.05) is 29.9 Å². The van der Waals surface area contributed by atoms with Crippen LogP contribution in [0.4, 0.5) is 5.69 Å². The van der Waals surface area contributed by atoms with Crippen LogP contribution in [0.15, 0.2) is 24.3 Å². The molecule has 0 aliphatic carbocycles. The number of thioether (sulfide) groups is 1. The first-order valence-electron chi connectivity index (χ1n) is 7.76. The van der Waals surface area contributed by atoms with E-state index < -0.39 is 0 Å². The number of amides is 2. The number of carbonyl (C=O) groups excluding carboxylic acids is 2. The lowest BCUT2D eigenvalue weighted by Crippen LogP contribution is -2.39. The van der Waals surface area contributed by atoms with Gasteiger partial charge in [-0.25, -0.2) is 0 Å². The molecule has 1 aromatic rings. The molecule has 0 unspecified atom stereocenters. The first kappa shape index (κ1) is 16.9. The SMILES string of the molecule is Cc1cccc(NC(=O)CSCC(=O)N2CCC(C)CC2)c1. The number of anilines is 1. The maximum absolute atomic E-state index is 12.1. The molecule has 0 spiro atoms. The molecule has 22 heavy (non-hydrogen) atoms. The van der Waals surface area contributed by atoms with E-state index in [1.54, 1.807) is 0 Å². The predicted molar refractivity (Wildman–Crippen MR) is 92.1 cm³/mol. The smallest absolute Gasteiger partial charge is 0.234 e. The summed E-state index contributed by atoms with van der Waals surface area (Å²) in [5.74, 6) is 1.51. The third-order valence-electron chi connectivity index (χ3n) is 3.90. The van der Waals surface area contributed by atoms with Crippen molar-refractivity contribution >= 4 is 29.3 Å². The van der Waals surface area contributed by atoms with Crippen LogP contribution in [0, 0.1) is 12.8 Å². The quantitative estimate of drug-likeness (QED) is 0.907. The van der Waals surface area contributed by atoms with E-state index in [0.29, 0.717) is 11.5 Å². The highest BCUT2D eigenvalue weighted by Gasteiger charge is 2.20.